The monoisotopic (exact) mass is 250 g/mol. The molecule has 0 aliphatic heterocycles. The third-order valence-corrected chi connectivity index (χ3v) is 3.28. The molecule has 0 spiro atoms. The Labute approximate surface area is 111 Å². The molecule has 2 N–H and O–H groups in total. The van der Waals surface area contributed by atoms with Gasteiger partial charge in [0.15, 0.2) is 0 Å². The molecule has 0 amide bonds. The molecule has 2 heteroatoms. The first kappa shape index (κ1) is 15.2. The van der Waals surface area contributed by atoms with Crippen LogP contribution >= 0.6 is 0 Å². The SMILES string of the molecule is CC(C)(O)c1ccccc1CCCCCCCO. The fourth-order valence-electron chi connectivity index (χ4n) is 2.29. The Kier molecular flexibility index (Phi) is 6.37. The lowest BCUT2D eigenvalue weighted by molar-refractivity contribution is 0.0776. The molecule has 1 rings (SSSR count). The zero-order chi connectivity index (χ0) is 13.4. The van der Waals surface area contributed by atoms with Gasteiger partial charge in [-0.2, -0.15) is 0 Å². The van der Waals surface area contributed by atoms with Gasteiger partial charge in [0.05, 0.1) is 5.60 Å². The predicted octanol–water partition coefficient (Wildman–Crippen LogP) is 3.40. The van der Waals surface area contributed by atoms with Gasteiger partial charge in [0, 0.05) is 6.61 Å². The first-order valence-electron chi connectivity index (χ1n) is 6.97. The van der Waals surface area contributed by atoms with E-state index >= 15 is 0 Å². The maximum absolute atomic E-state index is 10.1. The van der Waals surface area contributed by atoms with Gasteiger partial charge in [0.1, 0.15) is 0 Å². The Morgan fingerprint density at radius 3 is 2.22 bits per heavy atom. The molecule has 2 nitrogen and oxygen atoms in total. The van der Waals surface area contributed by atoms with Gasteiger partial charge in [0.2, 0.25) is 0 Å². The molecule has 102 valence electrons. The zero-order valence-corrected chi connectivity index (χ0v) is 11.7. The Bertz CT molecular complexity index is 339. The van der Waals surface area contributed by atoms with Crippen LogP contribution in [0.15, 0.2) is 24.3 Å². The Morgan fingerprint density at radius 1 is 0.944 bits per heavy atom. The minimum absolute atomic E-state index is 0.307. The van der Waals surface area contributed by atoms with Crippen LogP contribution in [0.5, 0.6) is 0 Å². The predicted molar refractivity (Wildman–Crippen MR) is 75.6 cm³/mol. The number of benzene rings is 1. The summed E-state index contributed by atoms with van der Waals surface area (Å²) in [6.45, 7) is 3.99. The van der Waals surface area contributed by atoms with Gasteiger partial charge in [-0.25, -0.2) is 0 Å². The van der Waals surface area contributed by atoms with E-state index in [4.69, 9.17) is 5.11 Å². The first-order chi connectivity index (χ1) is 8.55. The normalized spacial score (nSPS) is 11.8. The van der Waals surface area contributed by atoms with Crippen molar-refractivity contribution in [2.75, 3.05) is 6.61 Å². The highest BCUT2D eigenvalue weighted by Crippen LogP contribution is 2.24. The van der Waals surface area contributed by atoms with Crippen molar-refractivity contribution in [1.29, 1.82) is 0 Å². The van der Waals surface area contributed by atoms with Gasteiger partial charge in [-0.3, -0.25) is 0 Å². The molecule has 0 aliphatic carbocycles. The van der Waals surface area contributed by atoms with Crippen LogP contribution in [0.1, 0.15) is 57.1 Å². The van der Waals surface area contributed by atoms with Gasteiger partial charge < -0.3 is 10.2 Å². The Balaban J connectivity index is 2.43. The maximum atomic E-state index is 10.1. The summed E-state index contributed by atoms with van der Waals surface area (Å²) in [4.78, 5) is 0. The summed E-state index contributed by atoms with van der Waals surface area (Å²) >= 11 is 0. The second-order valence-electron chi connectivity index (χ2n) is 5.46. The van der Waals surface area contributed by atoms with Crippen LogP contribution in [0.4, 0.5) is 0 Å². The van der Waals surface area contributed by atoms with E-state index < -0.39 is 5.60 Å². The van der Waals surface area contributed by atoms with Crippen molar-refractivity contribution in [2.45, 2.75) is 58.0 Å². The highest BCUT2D eigenvalue weighted by atomic mass is 16.3. The van der Waals surface area contributed by atoms with Crippen molar-refractivity contribution >= 4 is 0 Å². The van der Waals surface area contributed by atoms with Crippen LogP contribution in [0.3, 0.4) is 0 Å². The van der Waals surface area contributed by atoms with E-state index in [0.29, 0.717) is 6.61 Å². The molecule has 0 aliphatic rings. The highest BCUT2D eigenvalue weighted by Gasteiger charge is 2.18. The Hall–Kier alpha value is -0.860. The van der Waals surface area contributed by atoms with E-state index in [0.717, 1.165) is 31.2 Å². The summed E-state index contributed by atoms with van der Waals surface area (Å²) < 4.78 is 0. The van der Waals surface area contributed by atoms with Gasteiger partial charge in [-0.15, -0.1) is 0 Å². The van der Waals surface area contributed by atoms with Gasteiger partial charge in [-0.1, -0.05) is 43.5 Å². The molecular weight excluding hydrogens is 224 g/mol. The van der Waals surface area contributed by atoms with Gasteiger partial charge >= 0.3 is 0 Å². The van der Waals surface area contributed by atoms with E-state index in [-0.39, 0.29) is 0 Å². The van der Waals surface area contributed by atoms with Crippen molar-refractivity contribution in [3.8, 4) is 0 Å². The second kappa shape index (κ2) is 7.55. The van der Waals surface area contributed by atoms with Crippen LogP contribution in [-0.4, -0.2) is 16.8 Å². The largest absolute Gasteiger partial charge is 0.396 e. The average Bonchev–Trinajstić information content (AvgIpc) is 2.33. The number of rotatable bonds is 8. The van der Waals surface area contributed by atoms with Crippen LogP contribution in [0, 0.1) is 0 Å². The molecule has 0 heterocycles. The average molecular weight is 250 g/mol. The molecule has 18 heavy (non-hydrogen) atoms. The zero-order valence-electron chi connectivity index (χ0n) is 11.7. The van der Waals surface area contributed by atoms with Gasteiger partial charge in [0.25, 0.3) is 0 Å². The van der Waals surface area contributed by atoms with E-state index in [2.05, 4.69) is 6.07 Å². The van der Waals surface area contributed by atoms with Crippen molar-refractivity contribution in [2.24, 2.45) is 0 Å². The maximum Gasteiger partial charge on any atom is 0.0843 e. The van der Waals surface area contributed by atoms with Crippen LogP contribution < -0.4 is 0 Å². The highest BCUT2D eigenvalue weighted by molar-refractivity contribution is 5.31. The summed E-state index contributed by atoms with van der Waals surface area (Å²) in [6, 6.07) is 8.15. The molecule has 1 aromatic carbocycles. The Morgan fingerprint density at radius 2 is 1.56 bits per heavy atom. The molecule has 0 saturated heterocycles. The summed E-state index contributed by atoms with van der Waals surface area (Å²) in [5.74, 6) is 0. The number of unbranched alkanes of at least 4 members (excludes halogenated alkanes) is 4. The molecule has 0 unspecified atom stereocenters. The smallest absolute Gasteiger partial charge is 0.0843 e. The molecule has 1 aromatic rings. The molecule has 0 radical (unpaired) electrons. The van der Waals surface area contributed by atoms with E-state index in [9.17, 15) is 5.11 Å². The van der Waals surface area contributed by atoms with Crippen LogP contribution in [-0.2, 0) is 12.0 Å². The first-order valence-corrected chi connectivity index (χ1v) is 6.97. The topological polar surface area (TPSA) is 40.5 Å². The molecular formula is C16H26O2. The number of aliphatic hydroxyl groups excluding tert-OH is 1. The minimum atomic E-state index is -0.756. The fraction of sp³-hybridized carbons (Fsp3) is 0.625. The van der Waals surface area contributed by atoms with Crippen molar-refractivity contribution in [3.05, 3.63) is 35.4 Å². The number of aryl methyl sites for hydroxylation is 1. The second-order valence-corrected chi connectivity index (χ2v) is 5.46. The van der Waals surface area contributed by atoms with E-state index in [1.54, 1.807) is 0 Å². The summed E-state index contributed by atoms with van der Waals surface area (Å²) in [6.07, 6.45) is 6.59. The standard InChI is InChI=1S/C16H26O2/c1-16(2,18)15-12-8-7-11-14(15)10-6-4-3-5-9-13-17/h7-8,11-12,17-18H,3-6,9-10,13H2,1-2H3. The third kappa shape index (κ3) is 5.19. The van der Waals surface area contributed by atoms with Gasteiger partial charge in [-0.05, 0) is 44.2 Å². The summed E-state index contributed by atoms with van der Waals surface area (Å²) in [5, 5.41) is 18.8. The van der Waals surface area contributed by atoms with Crippen molar-refractivity contribution in [1.82, 2.24) is 0 Å². The number of hydrogen-bond acceptors (Lipinski definition) is 2. The quantitative estimate of drug-likeness (QED) is 0.694. The van der Waals surface area contributed by atoms with Crippen molar-refractivity contribution < 1.29 is 10.2 Å². The van der Waals surface area contributed by atoms with Crippen molar-refractivity contribution in [3.63, 3.8) is 0 Å². The molecule has 0 bridgehead atoms. The lowest BCUT2D eigenvalue weighted by Gasteiger charge is -2.21. The molecule has 0 fully saturated rings. The summed E-state index contributed by atoms with van der Waals surface area (Å²) in [7, 11) is 0. The van der Waals surface area contributed by atoms with E-state index in [1.807, 2.05) is 32.0 Å². The van der Waals surface area contributed by atoms with Crippen LogP contribution in [0.25, 0.3) is 0 Å². The molecule has 0 aromatic heterocycles. The fourth-order valence-corrected chi connectivity index (χ4v) is 2.29. The summed E-state index contributed by atoms with van der Waals surface area (Å²) in [5.41, 5.74) is 1.54. The van der Waals surface area contributed by atoms with E-state index in [1.165, 1.54) is 18.4 Å². The van der Waals surface area contributed by atoms with Crippen LogP contribution in [0.2, 0.25) is 0 Å². The number of aliphatic hydroxyl groups is 2. The molecule has 0 saturated carbocycles. The third-order valence-electron chi connectivity index (χ3n) is 3.28. The lowest BCUT2D eigenvalue weighted by atomic mass is 9.90. The minimum Gasteiger partial charge on any atom is -0.396 e. The lowest BCUT2D eigenvalue weighted by Crippen LogP contribution is -2.17. The molecule has 0 atom stereocenters. The number of hydrogen-bond donors (Lipinski definition) is 2.